The van der Waals surface area contributed by atoms with Crippen LogP contribution in [-0.4, -0.2) is 19.1 Å². The Hall–Kier alpha value is -8.08. The number of hydrogen-bond donors (Lipinski definition) is 0. The molecule has 12 rings (SSSR count). The first-order valence-electron chi connectivity index (χ1n) is 21.2. The first-order valence-corrected chi connectivity index (χ1v) is 21.2. The Bertz CT molecular complexity index is 3510. The van der Waals surface area contributed by atoms with Gasteiger partial charge in [0.2, 0.25) is 0 Å². The summed E-state index contributed by atoms with van der Waals surface area (Å²) >= 11 is 0. The van der Waals surface area contributed by atoms with Gasteiger partial charge in [-0.3, -0.25) is 0 Å². The first-order chi connectivity index (χ1) is 30.6. The van der Waals surface area contributed by atoms with Gasteiger partial charge in [-0.15, -0.1) is 0 Å². The Balaban J connectivity index is 1.13. The van der Waals surface area contributed by atoms with Gasteiger partial charge in [0, 0.05) is 25.2 Å². The molecule has 0 aliphatic carbocycles. The van der Waals surface area contributed by atoms with E-state index >= 15 is 0 Å². The van der Waals surface area contributed by atoms with Crippen LogP contribution in [0, 0.1) is 0 Å². The lowest BCUT2D eigenvalue weighted by Gasteiger charge is -2.19. The molecule has 0 saturated carbocycles. The summed E-state index contributed by atoms with van der Waals surface area (Å²) in [5.74, 6) is 1.92. The zero-order valence-electron chi connectivity index (χ0n) is 34.4. The molecule has 62 heavy (non-hydrogen) atoms. The van der Waals surface area contributed by atoms with Gasteiger partial charge < -0.3 is 9.13 Å². The van der Waals surface area contributed by atoms with Crippen molar-refractivity contribution in [3.63, 3.8) is 0 Å². The summed E-state index contributed by atoms with van der Waals surface area (Å²) in [5, 5.41) is 7.31. The van der Waals surface area contributed by atoms with Gasteiger partial charge in [-0.1, -0.05) is 176 Å². The van der Waals surface area contributed by atoms with Crippen molar-refractivity contribution in [3.8, 4) is 67.3 Å². The molecule has 0 N–H and O–H groups in total. The molecular weight excluding hydrogens is 753 g/mol. The average molecular weight is 793 g/mol. The van der Waals surface area contributed by atoms with Gasteiger partial charge in [0.05, 0.1) is 22.1 Å². The lowest BCUT2D eigenvalue weighted by atomic mass is 9.84. The maximum Gasteiger partial charge on any atom is 0.140 e. The SMILES string of the molecule is Cn1c(-c2ccccc2)nc2ccc(-c3cccc4c(-c5cccc6c(-c7ccccc7)cccc56)c5cccc(-c6ccc7nc(-c8ccccc8)n(C)c7c6)c5cc34)cc21. The second-order valence-corrected chi connectivity index (χ2v) is 16.3. The van der Waals surface area contributed by atoms with Crippen molar-refractivity contribution in [3.05, 3.63) is 206 Å². The molecule has 0 fully saturated rings. The molecule has 4 heteroatoms. The van der Waals surface area contributed by atoms with Crippen LogP contribution < -0.4 is 0 Å². The van der Waals surface area contributed by atoms with Crippen LogP contribution >= 0.6 is 0 Å². The number of aryl methyl sites for hydroxylation is 2. The van der Waals surface area contributed by atoms with Gasteiger partial charge in [-0.05, 0) is 107 Å². The fourth-order valence-corrected chi connectivity index (χ4v) is 9.76. The standard InChI is InChI=1S/C58H40N4/c1-61-54-34-40(30-32-52(54)59-57(61)38-18-8-4-9-19-38)43-23-13-28-48-50(43)36-51-44(41-31-33-53-55(35-41)62(2)58(60-53)39-20-10-5-11-21-39)24-14-29-49(51)56(48)47-27-15-25-45-42(22-12-26-46(45)47)37-16-6-3-7-17-37/h3-36H,1-2H3. The summed E-state index contributed by atoms with van der Waals surface area (Å²) in [6.45, 7) is 0. The van der Waals surface area contributed by atoms with Gasteiger partial charge >= 0.3 is 0 Å². The third-order valence-electron chi connectivity index (χ3n) is 12.8. The van der Waals surface area contributed by atoms with Crippen molar-refractivity contribution < 1.29 is 0 Å². The molecule has 0 spiro atoms. The Labute approximate surface area is 359 Å². The molecule has 2 heterocycles. The first kappa shape index (κ1) is 35.8. The fraction of sp³-hybridized carbons (Fsp3) is 0.0345. The van der Waals surface area contributed by atoms with Crippen LogP contribution in [0.3, 0.4) is 0 Å². The number of imidazole rings is 2. The van der Waals surface area contributed by atoms with Crippen LogP contribution in [0.1, 0.15) is 0 Å². The number of hydrogen-bond acceptors (Lipinski definition) is 2. The maximum atomic E-state index is 5.08. The summed E-state index contributed by atoms with van der Waals surface area (Å²) in [7, 11) is 4.24. The van der Waals surface area contributed by atoms with E-state index in [-0.39, 0.29) is 0 Å². The predicted molar refractivity (Wildman–Crippen MR) is 260 cm³/mol. The van der Waals surface area contributed by atoms with Crippen LogP contribution in [-0.2, 0) is 14.1 Å². The van der Waals surface area contributed by atoms with Gasteiger partial charge in [0.15, 0.2) is 0 Å². The van der Waals surface area contributed by atoms with E-state index in [4.69, 9.17) is 9.97 Å². The van der Waals surface area contributed by atoms with Gasteiger partial charge in [-0.2, -0.15) is 0 Å². The van der Waals surface area contributed by atoms with Crippen LogP contribution in [0.5, 0.6) is 0 Å². The largest absolute Gasteiger partial charge is 0.327 e. The summed E-state index contributed by atoms with van der Waals surface area (Å²) in [6.07, 6.45) is 0. The topological polar surface area (TPSA) is 35.6 Å². The van der Waals surface area contributed by atoms with Crippen molar-refractivity contribution in [2.75, 3.05) is 0 Å². The molecule has 0 bridgehead atoms. The molecule has 0 amide bonds. The second kappa shape index (κ2) is 14.3. The van der Waals surface area contributed by atoms with E-state index in [1.165, 1.54) is 65.7 Å². The lowest BCUT2D eigenvalue weighted by molar-refractivity contribution is 0.959. The molecule has 2 aromatic heterocycles. The minimum Gasteiger partial charge on any atom is -0.327 e. The van der Waals surface area contributed by atoms with E-state index in [0.717, 1.165) is 56.0 Å². The normalized spacial score (nSPS) is 11.7. The quantitative estimate of drug-likeness (QED) is 0.157. The van der Waals surface area contributed by atoms with Gasteiger partial charge in [0.1, 0.15) is 11.6 Å². The predicted octanol–water partition coefficient (Wildman–Crippen LogP) is 14.9. The zero-order chi connectivity index (χ0) is 41.3. The monoisotopic (exact) mass is 792 g/mol. The number of aromatic nitrogens is 4. The molecule has 12 aromatic rings. The molecule has 292 valence electrons. The summed E-state index contributed by atoms with van der Waals surface area (Å²) in [4.78, 5) is 10.2. The van der Waals surface area contributed by atoms with E-state index in [0.29, 0.717) is 0 Å². The highest BCUT2D eigenvalue weighted by Crippen LogP contribution is 2.46. The highest BCUT2D eigenvalue weighted by atomic mass is 15.1. The third kappa shape index (κ3) is 5.68. The summed E-state index contributed by atoms with van der Waals surface area (Å²) in [6, 6.07) is 74.7. The number of nitrogens with zero attached hydrogens (tertiary/aromatic N) is 4. The minimum atomic E-state index is 0.959. The van der Waals surface area contributed by atoms with Gasteiger partial charge in [0.25, 0.3) is 0 Å². The second-order valence-electron chi connectivity index (χ2n) is 16.3. The summed E-state index contributed by atoms with van der Waals surface area (Å²) in [5.41, 5.74) is 15.9. The Morgan fingerprint density at radius 1 is 0.290 bits per heavy atom. The van der Waals surface area contributed by atoms with E-state index < -0.39 is 0 Å². The molecule has 0 unspecified atom stereocenters. The van der Waals surface area contributed by atoms with Crippen molar-refractivity contribution in [2.45, 2.75) is 0 Å². The Morgan fingerprint density at radius 2 is 0.677 bits per heavy atom. The van der Waals surface area contributed by atoms with E-state index in [1.807, 2.05) is 12.1 Å². The molecule has 0 saturated heterocycles. The van der Waals surface area contributed by atoms with E-state index in [2.05, 4.69) is 217 Å². The van der Waals surface area contributed by atoms with Crippen LogP contribution in [0.25, 0.3) is 122 Å². The van der Waals surface area contributed by atoms with Crippen LogP contribution in [0.4, 0.5) is 0 Å². The summed E-state index contributed by atoms with van der Waals surface area (Å²) < 4.78 is 4.44. The highest BCUT2D eigenvalue weighted by molar-refractivity contribution is 6.22. The molecule has 0 radical (unpaired) electrons. The Kier molecular flexibility index (Phi) is 8.26. The maximum absolute atomic E-state index is 5.08. The molecule has 0 aliphatic rings. The highest BCUT2D eigenvalue weighted by Gasteiger charge is 2.20. The minimum absolute atomic E-state index is 0.959. The van der Waals surface area contributed by atoms with Crippen molar-refractivity contribution in [1.29, 1.82) is 0 Å². The molecule has 4 nitrogen and oxygen atoms in total. The lowest BCUT2D eigenvalue weighted by Crippen LogP contribution is -1.94. The molecule has 0 atom stereocenters. The number of benzene rings is 10. The molecule has 0 aliphatic heterocycles. The van der Waals surface area contributed by atoms with Crippen LogP contribution in [0.2, 0.25) is 0 Å². The Morgan fingerprint density at radius 3 is 1.15 bits per heavy atom. The van der Waals surface area contributed by atoms with Gasteiger partial charge in [-0.25, -0.2) is 9.97 Å². The van der Waals surface area contributed by atoms with Crippen molar-refractivity contribution in [1.82, 2.24) is 19.1 Å². The van der Waals surface area contributed by atoms with E-state index in [1.54, 1.807) is 0 Å². The third-order valence-corrected chi connectivity index (χ3v) is 12.8. The molecular formula is C58H40N4. The zero-order valence-corrected chi connectivity index (χ0v) is 34.4. The van der Waals surface area contributed by atoms with Crippen molar-refractivity contribution in [2.24, 2.45) is 14.1 Å². The fourth-order valence-electron chi connectivity index (χ4n) is 9.76. The van der Waals surface area contributed by atoms with Crippen molar-refractivity contribution >= 4 is 54.4 Å². The average Bonchev–Trinajstić information content (AvgIpc) is 3.85. The number of fused-ring (bicyclic) bond motifs is 5. The van der Waals surface area contributed by atoms with E-state index in [9.17, 15) is 0 Å². The number of rotatable bonds is 6. The van der Waals surface area contributed by atoms with Crippen LogP contribution in [0.15, 0.2) is 206 Å². The smallest absolute Gasteiger partial charge is 0.140 e. The molecule has 10 aromatic carbocycles.